The van der Waals surface area contributed by atoms with Crippen LogP contribution in [0.2, 0.25) is 0 Å². The predicted molar refractivity (Wildman–Crippen MR) is 179 cm³/mol. The first-order valence-corrected chi connectivity index (χ1v) is 14.0. The lowest BCUT2D eigenvalue weighted by atomic mass is 10.0. The van der Waals surface area contributed by atoms with Gasteiger partial charge in [0.1, 0.15) is 0 Å². The highest BCUT2D eigenvalue weighted by molar-refractivity contribution is 6.04. The average Bonchev–Trinajstić information content (AvgIpc) is 3.03. The van der Waals surface area contributed by atoms with Gasteiger partial charge in [0.25, 0.3) is 0 Å². The Kier molecular flexibility index (Phi) is 11.1. The molecule has 3 heteroatoms. The van der Waals surface area contributed by atoms with Crippen LogP contribution < -0.4 is 0 Å². The third-order valence-corrected chi connectivity index (χ3v) is 6.69. The first-order valence-electron chi connectivity index (χ1n) is 14.0. The third-order valence-electron chi connectivity index (χ3n) is 6.69. The van der Waals surface area contributed by atoms with Gasteiger partial charge >= 0.3 is 0 Å². The Hall–Kier alpha value is -4.89. The van der Waals surface area contributed by atoms with Gasteiger partial charge in [0, 0.05) is 17.3 Å². The maximum absolute atomic E-state index is 4.99. The molecular formula is C38H37N3. The minimum absolute atomic E-state index is 0.599. The van der Waals surface area contributed by atoms with Crippen molar-refractivity contribution in [3.63, 3.8) is 0 Å². The second-order valence-electron chi connectivity index (χ2n) is 9.75. The molecule has 41 heavy (non-hydrogen) atoms. The molecule has 0 saturated heterocycles. The number of nitrogens with zero attached hydrogens (tertiary/aromatic N) is 3. The Morgan fingerprint density at radius 3 is 2.41 bits per heavy atom. The lowest BCUT2D eigenvalue weighted by molar-refractivity contribution is 1.08. The van der Waals surface area contributed by atoms with Crippen LogP contribution in [0.25, 0.3) is 11.3 Å². The fourth-order valence-corrected chi connectivity index (χ4v) is 4.35. The molecule has 204 valence electrons. The summed E-state index contributed by atoms with van der Waals surface area (Å²) in [7, 11) is 0. The zero-order valence-electron chi connectivity index (χ0n) is 23.9. The summed E-state index contributed by atoms with van der Waals surface area (Å²) < 4.78 is 0. The van der Waals surface area contributed by atoms with Crippen molar-refractivity contribution in [3.05, 3.63) is 167 Å². The fraction of sp³-hybridized carbons (Fsp3) is 0.132. The summed E-state index contributed by atoms with van der Waals surface area (Å²) in [6.07, 6.45) is 22.5. The van der Waals surface area contributed by atoms with Crippen molar-refractivity contribution in [2.45, 2.75) is 33.2 Å². The highest BCUT2D eigenvalue weighted by Gasteiger charge is 2.07. The Labute approximate surface area is 244 Å². The van der Waals surface area contributed by atoms with Crippen LogP contribution in [-0.2, 0) is 13.0 Å². The van der Waals surface area contributed by atoms with Gasteiger partial charge in [-0.05, 0) is 73.4 Å². The summed E-state index contributed by atoms with van der Waals surface area (Å²) in [4.78, 5) is 13.8. The maximum Gasteiger partial charge on any atom is 0.159 e. The topological polar surface area (TPSA) is 37.1 Å². The predicted octanol–water partition coefficient (Wildman–Crippen LogP) is 9.41. The van der Waals surface area contributed by atoms with Gasteiger partial charge in [-0.1, -0.05) is 121 Å². The van der Waals surface area contributed by atoms with Gasteiger partial charge in [0.2, 0.25) is 0 Å². The number of amidine groups is 1. The van der Waals surface area contributed by atoms with E-state index in [0.29, 0.717) is 12.4 Å². The van der Waals surface area contributed by atoms with Crippen LogP contribution in [0.15, 0.2) is 154 Å². The van der Waals surface area contributed by atoms with E-state index < -0.39 is 0 Å². The van der Waals surface area contributed by atoms with Gasteiger partial charge in [0.15, 0.2) is 5.84 Å². The van der Waals surface area contributed by atoms with Crippen molar-refractivity contribution >= 4 is 30.0 Å². The van der Waals surface area contributed by atoms with Gasteiger partial charge < -0.3 is 0 Å². The number of rotatable bonds is 10. The van der Waals surface area contributed by atoms with Gasteiger partial charge in [-0.15, -0.1) is 0 Å². The van der Waals surface area contributed by atoms with Crippen molar-refractivity contribution < 1.29 is 0 Å². The van der Waals surface area contributed by atoms with Gasteiger partial charge in [-0.3, -0.25) is 4.99 Å². The number of allylic oxidation sites excluding steroid dienone is 11. The van der Waals surface area contributed by atoms with E-state index in [9.17, 15) is 0 Å². The Balaban J connectivity index is 1.60. The van der Waals surface area contributed by atoms with Crippen molar-refractivity contribution in [2.24, 2.45) is 15.0 Å². The molecule has 0 amide bonds. The lowest BCUT2D eigenvalue weighted by Gasteiger charge is -2.09. The smallest absolute Gasteiger partial charge is 0.159 e. The largest absolute Gasteiger partial charge is 0.288 e. The molecule has 1 aliphatic carbocycles. The summed E-state index contributed by atoms with van der Waals surface area (Å²) >= 11 is 0. The monoisotopic (exact) mass is 535 g/mol. The van der Waals surface area contributed by atoms with E-state index in [1.807, 2.05) is 55.6 Å². The van der Waals surface area contributed by atoms with Crippen molar-refractivity contribution in [2.75, 3.05) is 0 Å². The Morgan fingerprint density at radius 2 is 1.68 bits per heavy atom. The zero-order valence-corrected chi connectivity index (χ0v) is 23.9. The SMILES string of the molecule is C=NC(=N/C(=C\Cc1ccc(/C(C)=C/C=C2/C=CC=CC2)cc1)c1cccc(CN=C/C=C\C)c1)c1ccccc1. The first-order chi connectivity index (χ1) is 20.2. The average molecular weight is 536 g/mol. The van der Waals surface area contributed by atoms with Crippen LogP contribution in [-0.4, -0.2) is 18.8 Å². The van der Waals surface area contributed by atoms with Gasteiger partial charge in [-0.25, -0.2) is 9.98 Å². The summed E-state index contributed by atoms with van der Waals surface area (Å²) in [6, 6.07) is 27.1. The van der Waals surface area contributed by atoms with Crippen molar-refractivity contribution in [3.8, 4) is 0 Å². The number of hydrogen-bond donors (Lipinski definition) is 0. The van der Waals surface area contributed by atoms with Crippen molar-refractivity contribution in [1.82, 2.24) is 0 Å². The molecule has 0 atom stereocenters. The molecule has 0 heterocycles. The molecule has 0 saturated carbocycles. The molecule has 0 fully saturated rings. The third kappa shape index (κ3) is 9.08. The number of hydrogen-bond acceptors (Lipinski definition) is 2. The second-order valence-corrected chi connectivity index (χ2v) is 9.75. The molecule has 0 aromatic heterocycles. The van der Waals surface area contributed by atoms with Crippen LogP contribution in [0, 0.1) is 0 Å². The van der Waals surface area contributed by atoms with Crippen molar-refractivity contribution in [1.29, 1.82) is 0 Å². The summed E-state index contributed by atoms with van der Waals surface area (Å²) in [5.41, 5.74) is 8.93. The highest BCUT2D eigenvalue weighted by atomic mass is 14.9. The highest BCUT2D eigenvalue weighted by Crippen LogP contribution is 2.22. The Morgan fingerprint density at radius 1 is 0.878 bits per heavy atom. The minimum atomic E-state index is 0.599. The molecule has 0 radical (unpaired) electrons. The van der Waals surface area contributed by atoms with E-state index in [0.717, 1.165) is 35.2 Å². The van der Waals surface area contributed by atoms with Crippen LogP contribution in [0.5, 0.6) is 0 Å². The van der Waals surface area contributed by atoms with Gasteiger partial charge in [0.05, 0.1) is 12.2 Å². The molecule has 0 bridgehead atoms. The minimum Gasteiger partial charge on any atom is -0.288 e. The van der Waals surface area contributed by atoms with E-state index in [4.69, 9.17) is 4.99 Å². The fourth-order valence-electron chi connectivity index (χ4n) is 4.35. The van der Waals surface area contributed by atoms with Gasteiger partial charge in [-0.2, -0.15) is 0 Å². The molecular weight excluding hydrogens is 498 g/mol. The summed E-state index contributed by atoms with van der Waals surface area (Å²) in [5.74, 6) is 0.599. The molecule has 3 aromatic carbocycles. The number of benzene rings is 3. The zero-order chi connectivity index (χ0) is 28.7. The first kappa shape index (κ1) is 29.1. The Bertz CT molecular complexity index is 1560. The normalized spacial score (nSPS) is 15.4. The quantitative estimate of drug-likeness (QED) is 0.183. The standard InChI is InChI=1S/C38H37N3/c1-4-5-27-40-29-33-15-12-18-36(28-33)37(41-38(39-3)35-16-10-7-11-17-35)26-23-32-21-24-34(25-22-32)30(2)19-20-31-13-8-6-9-14-31/h4-13,15-22,24-28H,3,14,23,29H2,1-2H3/b5-4-,30-19+,31-20-,37-26-,40-27?,41-38?. The molecule has 0 unspecified atom stereocenters. The van der Waals surface area contributed by atoms with E-state index in [1.54, 1.807) is 0 Å². The summed E-state index contributed by atoms with van der Waals surface area (Å²) in [5, 5.41) is 0. The molecule has 0 aliphatic heterocycles. The molecule has 1 aliphatic rings. The van der Waals surface area contributed by atoms with Crippen LogP contribution in [0.1, 0.15) is 48.1 Å². The molecule has 3 aromatic rings. The lowest BCUT2D eigenvalue weighted by Crippen LogP contribution is -1.98. The van der Waals surface area contributed by atoms with E-state index in [2.05, 4.69) is 115 Å². The number of aliphatic imine (C=N–C) groups is 3. The second kappa shape index (κ2) is 15.6. The van der Waals surface area contributed by atoms with E-state index >= 15 is 0 Å². The van der Waals surface area contributed by atoms with E-state index in [1.165, 1.54) is 22.3 Å². The van der Waals surface area contributed by atoms with Crippen LogP contribution in [0.3, 0.4) is 0 Å². The molecule has 4 rings (SSSR count). The van der Waals surface area contributed by atoms with Crippen LogP contribution in [0.4, 0.5) is 0 Å². The van der Waals surface area contributed by atoms with Crippen LogP contribution >= 0.6 is 0 Å². The molecule has 0 spiro atoms. The summed E-state index contributed by atoms with van der Waals surface area (Å²) in [6.45, 7) is 8.55. The molecule has 3 nitrogen and oxygen atoms in total. The molecule has 0 N–H and O–H groups in total. The van der Waals surface area contributed by atoms with E-state index in [-0.39, 0.29) is 0 Å². The maximum atomic E-state index is 4.99.